The maximum atomic E-state index is 14.9. The molecule has 1 fully saturated rings. The van der Waals surface area contributed by atoms with E-state index < -0.39 is 11.9 Å². The fraction of sp³-hybridized carbons (Fsp3) is 0.500. The molecule has 1 aromatic heterocycles. The molecule has 1 N–H and O–H groups in total. The van der Waals surface area contributed by atoms with E-state index in [1.54, 1.807) is 31.5 Å². The summed E-state index contributed by atoms with van der Waals surface area (Å²) in [6, 6.07) is 13.8. The summed E-state index contributed by atoms with van der Waals surface area (Å²) >= 11 is 0. The zero-order chi connectivity index (χ0) is 32.3. The Morgan fingerprint density at radius 1 is 1.04 bits per heavy atom. The van der Waals surface area contributed by atoms with Crippen molar-refractivity contribution >= 4 is 23.5 Å². The molecule has 1 aliphatic rings. The maximum absolute atomic E-state index is 14.9. The predicted molar refractivity (Wildman–Crippen MR) is 175 cm³/mol. The number of carbonyl (C=O) groups is 1. The first-order chi connectivity index (χ1) is 21.6. The van der Waals surface area contributed by atoms with Gasteiger partial charge in [-0.15, -0.1) is 0 Å². The lowest BCUT2D eigenvalue weighted by Gasteiger charge is -2.32. The number of halogens is 1. The van der Waals surface area contributed by atoms with E-state index in [4.69, 9.17) is 14.2 Å². The van der Waals surface area contributed by atoms with E-state index in [1.807, 2.05) is 52.0 Å². The normalized spacial score (nSPS) is 14.2. The van der Waals surface area contributed by atoms with Gasteiger partial charge in [-0.2, -0.15) is 4.98 Å². The summed E-state index contributed by atoms with van der Waals surface area (Å²) in [6.45, 7) is 13.9. The first-order valence-corrected chi connectivity index (χ1v) is 15.7. The van der Waals surface area contributed by atoms with Crippen molar-refractivity contribution in [3.8, 4) is 11.5 Å². The second-order valence-corrected chi connectivity index (χ2v) is 12.1. The number of nitrogens with zero attached hydrogens (tertiary/aromatic N) is 5. The molecule has 0 aliphatic carbocycles. The second-order valence-electron chi connectivity index (χ2n) is 12.1. The molecule has 2 aromatic carbocycles. The van der Waals surface area contributed by atoms with E-state index in [1.165, 1.54) is 11.0 Å². The number of hydrogen-bond donors (Lipinski definition) is 1. The molecule has 3 aromatic rings. The van der Waals surface area contributed by atoms with Gasteiger partial charge in [-0.05, 0) is 61.2 Å². The van der Waals surface area contributed by atoms with E-state index in [9.17, 15) is 9.18 Å². The molecule has 1 aliphatic heterocycles. The topological polar surface area (TPSA) is 92.3 Å². The first-order valence-electron chi connectivity index (χ1n) is 15.7. The van der Waals surface area contributed by atoms with Gasteiger partial charge in [0.1, 0.15) is 17.7 Å². The Morgan fingerprint density at radius 2 is 1.80 bits per heavy atom. The lowest BCUT2D eigenvalue weighted by Crippen LogP contribution is -2.44. The van der Waals surface area contributed by atoms with Crippen molar-refractivity contribution < 1.29 is 23.4 Å². The largest absolute Gasteiger partial charge is 0.497 e. The number of hydrogen-bond acceptors (Lipinski definition) is 9. The van der Waals surface area contributed by atoms with Crippen LogP contribution < -0.4 is 19.7 Å². The van der Waals surface area contributed by atoms with Gasteiger partial charge < -0.3 is 29.3 Å². The summed E-state index contributed by atoms with van der Waals surface area (Å²) < 4.78 is 32.0. The number of anilines is 3. The number of aromatic nitrogens is 2. The van der Waals surface area contributed by atoms with Crippen molar-refractivity contribution in [3.63, 3.8) is 0 Å². The van der Waals surface area contributed by atoms with Crippen LogP contribution in [0, 0.1) is 17.7 Å². The van der Waals surface area contributed by atoms with Crippen LogP contribution >= 0.6 is 0 Å². The van der Waals surface area contributed by atoms with Crippen LogP contribution in [0.4, 0.5) is 26.6 Å². The summed E-state index contributed by atoms with van der Waals surface area (Å²) in [7, 11) is 3.73. The Balaban J connectivity index is 1.44. The Labute approximate surface area is 266 Å². The number of ether oxygens (including phenoxy) is 3. The molecule has 0 saturated carbocycles. The number of amides is 1. The highest BCUT2D eigenvalue weighted by atomic mass is 19.1. The summed E-state index contributed by atoms with van der Waals surface area (Å²) in [5, 5.41) is 3.05. The van der Waals surface area contributed by atoms with Gasteiger partial charge in [0.05, 0.1) is 20.3 Å². The second kappa shape index (κ2) is 16.4. The van der Waals surface area contributed by atoms with Gasteiger partial charge in [0.2, 0.25) is 5.95 Å². The van der Waals surface area contributed by atoms with Crippen molar-refractivity contribution in [3.05, 3.63) is 66.1 Å². The van der Waals surface area contributed by atoms with Gasteiger partial charge in [-0.25, -0.2) is 14.2 Å². The van der Waals surface area contributed by atoms with Gasteiger partial charge in [0.25, 0.3) is 0 Å². The minimum absolute atomic E-state index is 0.133. The van der Waals surface area contributed by atoms with Crippen LogP contribution in [-0.2, 0) is 11.3 Å². The molecule has 10 nitrogen and oxygen atoms in total. The Morgan fingerprint density at radius 3 is 2.49 bits per heavy atom. The Bertz CT molecular complexity index is 1370. The average Bonchev–Trinajstić information content (AvgIpc) is 3.02. The number of piperazine rings is 1. The highest BCUT2D eigenvalue weighted by Crippen LogP contribution is 2.26. The molecule has 0 radical (unpaired) electrons. The third-order valence-electron chi connectivity index (χ3n) is 7.82. The van der Waals surface area contributed by atoms with Gasteiger partial charge in [-0.3, -0.25) is 4.90 Å². The molecule has 45 heavy (non-hydrogen) atoms. The van der Waals surface area contributed by atoms with Gasteiger partial charge in [-0.1, -0.05) is 39.8 Å². The SMILES string of the molecule is COc1cccc(CN(C(=O)OC(C(C)C)C(C)C)c2ccnc(Nc3ccc(OCCCN4CCN(C)CC4)c(F)c3)n2)c1. The van der Waals surface area contributed by atoms with Crippen LogP contribution in [0.15, 0.2) is 54.7 Å². The molecule has 11 heteroatoms. The van der Waals surface area contributed by atoms with Crippen LogP contribution in [0.25, 0.3) is 0 Å². The lowest BCUT2D eigenvalue weighted by molar-refractivity contribution is 0.0466. The molecule has 2 heterocycles. The van der Waals surface area contributed by atoms with Crippen molar-refractivity contribution in [2.24, 2.45) is 11.8 Å². The average molecular weight is 623 g/mol. The molecule has 0 bridgehead atoms. The Hall–Kier alpha value is -3.96. The number of carbonyl (C=O) groups excluding carboxylic acids is 1. The number of methoxy groups -OCH3 is 1. The molecule has 1 amide bonds. The fourth-order valence-electron chi connectivity index (χ4n) is 5.34. The predicted octanol–water partition coefficient (Wildman–Crippen LogP) is 6.21. The zero-order valence-corrected chi connectivity index (χ0v) is 27.3. The van der Waals surface area contributed by atoms with Crippen LogP contribution in [-0.4, -0.2) is 85.5 Å². The van der Waals surface area contributed by atoms with E-state index in [2.05, 4.69) is 32.1 Å². The van der Waals surface area contributed by atoms with Crippen molar-refractivity contribution in [1.29, 1.82) is 0 Å². The third-order valence-corrected chi connectivity index (χ3v) is 7.82. The summed E-state index contributed by atoms with van der Waals surface area (Å²) in [5.41, 5.74) is 1.29. The van der Waals surface area contributed by atoms with Gasteiger partial charge in [0.15, 0.2) is 11.6 Å². The lowest BCUT2D eigenvalue weighted by atomic mass is 9.96. The molecule has 0 atom stereocenters. The van der Waals surface area contributed by atoms with Crippen LogP contribution in [0.3, 0.4) is 0 Å². The molecular formula is C34H47FN6O4. The zero-order valence-electron chi connectivity index (χ0n) is 27.3. The smallest absolute Gasteiger partial charge is 0.416 e. The molecule has 0 unspecified atom stereocenters. The summed E-state index contributed by atoms with van der Waals surface area (Å²) in [6.07, 6.45) is 1.58. The monoisotopic (exact) mass is 622 g/mol. The first kappa shape index (κ1) is 33.9. The summed E-state index contributed by atoms with van der Waals surface area (Å²) in [4.78, 5) is 28.7. The fourth-order valence-corrected chi connectivity index (χ4v) is 5.34. The van der Waals surface area contributed by atoms with E-state index in [-0.39, 0.29) is 36.2 Å². The molecule has 0 spiro atoms. The van der Waals surface area contributed by atoms with Gasteiger partial charge >= 0.3 is 6.09 Å². The standard InChI is InChI=1S/C34H47FN6O4/c1-24(2)32(25(3)4)45-34(42)41(23-26-9-7-10-28(21-26)43-6)31-13-14-36-33(38-31)37-27-11-12-30(29(35)22-27)44-20-8-15-40-18-16-39(5)17-19-40/h7,9-14,21-22,24-25,32H,8,15-20,23H2,1-6H3,(H,36,37,38). The van der Waals surface area contributed by atoms with Crippen molar-refractivity contribution in [1.82, 2.24) is 19.8 Å². The number of rotatable bonds is 14. The quantitative estimate of drug-likeness (QED) is 0.211. The van der Waals surface area contributed by atoms with Crippen LogP contribution in [0.2, 0.25) is 0 Å². The van der Waals surface area contributed by atoms with Crippen LogP contribution in [0.1, 0.15) is 39.7 Å². The van der Waals surface area contributed by atoms with Crippen molar-refractivity contribution in [2.75, 3.05) is 63.7 Å². The van der Waals surface area contributed by atoms with Crippen LogP contribution in [0.5, 0.6) is 11.5 Å². The molecule has 244 valence electrons. The Kier molecular flexibility index (Phi) is 12.3. The molecule has 4 rings (SSSR count). The number of likely N-dealkylation sites (N-methyl/N-ethyl adjacent to an activating group) is 1. The van der Waals surface area contributed by atoms with Crippen molar-refractivity contribution in [2.45, 2.75) is 46.8 Å². The summed E-state index contributed by atoms with van der Waals surface area (Å²) in [5.74, 6) is 1.21. The molecule has 1 saturated heterocycles. The third kappa shape index (κ3) is 10.0. The highest BCUT2D eigenvalue weighted by Gasteiger charge is 2.27. The number of benzene rings is 2. The van der Waals surface area contributed by atoms with E-state index in [0.717, 1.165) is 44.7 Å². The van der Waals surface area contributed by atoms with E-state index >= 15 is 0 Å². The number of nitrogens with one attached hydrogen (secondary N) is 1. The minimum atomic E-state index is -0.518. The minimum Gasteiger partial charge on any atom is -0.497 e. The van der Waals surface area contributed by atoms with E-state index in [0.29, 0.717) is 23.9 Å². The maximum Gasteiger partial charge on any atom is 0.416 e. The van der Waals surface area contributed by atoms with Gasteiger partial charge in [0, 0.05) is 50.7 Å². The highest BCUT2D eigenvalue weighted by molar-refractivity contribution is 5.86. The molecular weight excluding hydrogens is 575 g/mol.